The SMILES string of the molecule is C[C@@H]1CC2O[C@]3(O[C@H]2C(C)(C)O)C1[C@@]1(C)CC[C@@]24C[C@@]25CC[C@H](O[C@@H]2OC[C@@H](O)[C@H](O)[C@H]2O)C(C)(C)C5CCC4[C@]1(C)[C@H]3O. The molecule has 5 aliphatic carbocycles. The van der Waals surface area contributed by atoms with E-state index in [1.165, 1.54) is 6.42 Å². The number of hydrogen-bond donors (Lipinski definition) is 5. The molecule has 8 fully saturated rings. The van der Waals surface area contributed by atoms with Crippen LogP contribution in [0.1, 0.15) is 99.8 Å². The molecule has 3 saturated heterocycles. The number of aliphatic hydroxyl groups is 5. The number of hydrogen-bond acceptors (Lipinski definition) is 9. The summed E-state index contributed by atoms with van der Waals surface area (Å²) in [5.41, 5.74) is -1.39. The fourth-order valence-electron chi connectivity index (χ4n) is 14.0. The van der Waals surface area contributed by atoms with Crippen LogP contribution in [0.3, 0.4) is 0 Å². The molecule has 4 unspecified atom stereocenters. The number of rotatable bonds is 3. The van der Waals surface area contributed by atoms with E-state index in [2.05, 4.69) is 34.6 Å². The van der Waals surface area contributed by atoms with Crippen molar-refractivity contribution in [3.8, 4) is 0 Å². The maximum Gasteiger partial charge on any atom is 0.199 e. The fourth-order valence-corrected chi connectivity index (χ4v) is 14.0. The summed E-state index contributed by atoms with van der Waals surface area (Å²) in [6.45, 7) is 15.2. The second kappa shape index (κ2) is 9.00. The first-order chi connectivity index (χ1) is 20.4. The lowest BCUT2D eigenvalue weighted by Gasteiger charge is -2.63. The molecule has 5 N–H and O–H groups in total. The molecule has 8 aliphatic rings. The topological polar surface area (TPSA) is 138 Å². The molecule has 0 aromatic rings. The quantitative estimate of drug-likeness (QED) is 0.301. The van der Waals surface area contributed by atoms with Gasteiger partial charge in [-0.25, -0.2) is 0 Å². The Morgan fingerprint density at radius 1 is 0.841 bits per heavy atom. The summed E-state index contributed by atoms with van der Waals surface area (Å²) in [4.78, 5) is 0. The summed E-state index contributed by atoms with van der Waals surface area (Å²) in [6, 6.07) is 0. The average Bonchev–Trinajstić information content (AvgIpc) is 3.45. The molecule has 0 aromatic heterocycles. The van der Waals surface area contributed by atoms with Gasteiger partial charge in [-0.2, -0.15) is 0 Å². The minimum Gasteiger partial charge on any atom is -0.388 e. The lowest BCUT2D eigenvalue weighted by Crippen LogP contribution is -2.61. The maximum absolute atomic E-state index is 12.7. The van der Waals surface area contributed by atoms with Crippen molar-refractivity contribution in [2.24, 2.45) is 50.7 Å². The van der Waals surface area contributed by atoms with Crippen molar-refractivity contribution in [3.05, 3.63) is 0 Å². The molecule has 44 heavy (non-hydrogen) atoms. The summed E-state index contributed by atoms with van der Waals surface area (Å²) in [5.74, 6) is 0.108. The summed E-state index contributed by atoms with van der Waals surface area (Å²) in [5, 5.41) is 54.5. The highest BCUT2D eigenvalue weighted by Gasteiger charge is 2.88. The van der Waals surface area contributed by atoms with E-state index >= 15 is 0 Å². The highest BCUT2D eigenvalue weighted by atomic mass is 16.8. The normalized spacial score (nSPS) is 62.2. The highest BCUT2D eigenvalue weighted by molar-refractivity contribution is 5.34. The van der Waals surface area contributed by atoms with Crippen LogP contribution in [0.5, 0.6) is 0 Å². The number of fused-ring (bicyclic) bond motifs is 4. The zero-order valence-corrected chi connectivity index (χ0v) is 27.7. The van der Waals surface area contributed by atoms with E-state index < -0.39 is 48.2 Å². The molecule has 3 aliphatic heterocycles. The molecular formula is C35H56O9. The Bertz CT molecular complexity index is 1200. The van der Waals surface area contributed by atoms with Crippen LogP contribution >= 0.6 is 0 Å². The minimum absolute atomic E-state index is 0.0559. The van der Waals surface area contributed by atoms with E-state index in [1.54, 1.807) is 13.8 Å². The van der Waals surface area contributed by atoms with Crippen LogP contribution in [-0.4, -0.2) is 92.5 Å². The Morgan fingerprint density at radius 3 is 2.23 bits per heavy atom. The minimum atomic E-state index is -1.28. The van der Waals surface area contributed by atoms with Crippen LogP contribution in [-0.2, 0) is 18.9 Å². The van der Waals surface area contributed by atoms with Crippen molar-refractivity contribution in [3.63, 3.8) is 0 Å². The third-order valence-electron chi connectivity index (χ3n) is 15.9. The smallest absolute Gasteiger partial charge is 0.199 e. The first kappa shape index (κ1) is 30.9. The summed E-state index contributed by atoms with van der Waals surface area (Å²) in [6.07, 6.45) is 2.00. The third kappa shape index (κ3) is 3.38. The Kier molecular flexibility index (Phi) is 6.33. The van der Waals surface area contributed by atoms with Crippen LogP contribution in [0.15, 0.2) is 0 Å². The summed E-state index contributed by atoms with van der Waals surface area (Å²) in [7, 11) is 0. The molecule has 250 valence electrons. The van der Waals surface area contributed by atoms with E-state index in [0.29, 0.717) is 17.8 Å². The van der Waals surface area contributed by atoms with Crippen LogP contribution in [0.2, 0.25) is 0 Å². The van der Waals surface area contributed by atoms with Crippen molar-refractivity contribution >= 4 is 0 Å². The first-order valence-corrected chi connectivity index (χ1v) is 17.5. The van der Waals surface area contributed by atoms with E-state index in [0.717, 1.165) is 44.9 Å². The Labute approximate surface area is 262 Å². The predicted octanol–water partition coefficient (Wildman–Crippen LogP) is 3.12. The summed E-state index contributed by atoms with van der Waals surface area (Å²) < 4.78 is 25.8. The standard InChI is InChI=1S/C35H56O9/c1-17-14-19-26(30(4,5)40)44-35(43-19)25(17)31(6)12-13-34-16-33(34)11-10-22(42-27-24(38)23(37)18(36)15-41-27)29(2,3)20(33)8-9-21(34)32(31,7)28(35)39/h17-28,36-40H,8-16H2,1-7H3/t17-,18-,19?,20?,21?,22+,23+,24-,25?,26-,27+,28-,31-,32-,33-,34+,35+/m1/s1. The average molecular weight is 621 g/mol. The molecule has 9 heteroatoms. The predicted molar refractivity (Wildman–Crippen MR) is 159 cm³/mol. The second-order valence-corrected chi connectivity index (χ2v) is 18.3. The second-order valence-electron chi connectivity index (χ2n) is 18.3. The van der Waals surface area contributed by atoms with E-state index in [9.17, 15) is 25.5 Å². The maximum atomic E-state index is 12.7. The van der Waals surface area contributed by atoms with Crippen molar-refractivity contribution in [1.29, 1.82) is 0 Å². The van der Waals surface area contributed by atoms with Crippen molar-refractivity contribution in [1.82, 2.24) is 0 Å². The van der Waals surface area contributed by atoms with Gasteiger partial charge in [0.25, 0.3) is 0 Å². The highest BCUT2D eigenvalue weighted by Crippen LogP contribution is 2.90. The first-order valence-electron chi connectivity index (χ1n) is 17.5. The largest absolute Gasteiger partial charge is 0.388 e. The van der Waals surface area contributed by atoms with Gasteiger partial charge < -0.3 is 44.5 Å². The molecule has 9 nitrogen and oxygen atoms in total. The van der Waals surface area contributed by atoms with E-state index in [-0.39, 0.29) is 51.8 Å². The molecule has 5 saturated carbocycles. The van der Waals surface area contributed by atoms with Gasteiger partial charge in [-0.05, 0) is 105 Å². The molecule has 8 rings (SSSR count). The fraction of sp³-hybridized carbons (Fsp3) is 1.00. The van der Waals surface area contributed by atoms with Crippen molar-refractivity contribution in [2.75, 3.05) is 6.61 Å². The van der Waals surface area contributed by atoms with E-state index in [4.69, 9.17) is 18.9 Å². The monoisotopic (exact) mass is 620 g/mol. The molecule has 0 amide bonds. The van der Waals surface area contributed by atoms with Crippen LogP contribution in [0.25, 0.3) is 0 Å². The van der Waals surface area contributed by atoms with Crippen LogP contribution in [0, 0.1) is 50.7 Å². The molecule has 0 radical (unpaired) electrons. The number of ether oxygens (including phenoxy) is 4. The lowest BCUT2D eigenvalue weighted by atomic mass is 9.41. The number of aliphatic hydroxyl groups excluding tert-OH is 4. The summed E-state index contributed by atoms with van der Waals surface area (Å²) >= 11 is 0. The molecule has 2 bridgehead atoms. The third-order valence-corrected chi connectivity index (χ3v) is 15.9. The van der Waals surface area contributed by atoms with Gasteiger partial charge >= 0.3 is 0 Å². The van der Waals surface area contributed by atoms with Gasteiger partial charge in [-0.3, -0.25) is 0 Å². The zero-order chi connectivity index (χ0) is 31.6. The van der Waals surface area contributed by atoms with Gasteiger partial charge in [0.2, 0.25) is 0 Å². The van der Waals surface area contributed by atoms with Crippen molar-refractivity contribution < 1.29 is 44.5 Å². The Morgan fingerprint density at radius 2 is 1.52 bits per heavy atom. The lowest BCUT2D eigenvalue weighted by molar-refractivity contribution is -0.303. The van der Waals surface area contributed by atoms with Gasteiger partial charge in [0.05, 0.1) is 24.4 Å². The Balaban J connectivity index is 1.10. The zero-order valence-electron chi connectivity index (χ0n) is 27.7. The van der Waals surface area contributed by atoms with E-state index in [1.807, 2.05) is 0 Å². The molecule has 3 spiro atoms. The Hall–Kier alpha value is -0.360. The molecule has 0 aromatic carbocycles. The molecule has 17 atom stereocenters. The van der Waals surface area contributed by atoms with Gasteiger partial charge in [0.1, 0.15) is 30.5 Å². The van der Waals surface area contributed by atoms with Gasteiger partial charge in [0.15, 0.2) is 12.1 Å². The molecular weight excluding hydrogens is 564 g/mol. The van der Waals surface area contributed by atoms with Gasteiger partial charge in [-0.15, -0.1) is 0 Å². The van der Waals surface area contributed by atoms with Gasteiger partial charge in [0, 0.05) is 11.3 Å². The van der Waals surface area contributed by atoms with Crippen LogP contribution < -0.4 is 0 Å². The molecule has 3 heterocycles. The van der Waals surface area contributed by atoms with Crippen molar-refractivity contribution in [2.45, 2.75) is 160 Å². The van der Waals surface area contributed by atoms with Gasteiger partial charge in [-0.1, -0.05) is 34.6 Å². The van der Waals surface area contributed by atoms with Crippen LogP contribution in [0.4, 0.5) is 0 Å².